The Morgan fingerprint density at radius 1 is 1.33 bits per heavy atom. The van der Waals surface area contributed by atoms with Crippen LogP contribution in [-0.4, -0.2) is 19.0 Å². The van der Waals surface area contributed by atoms with Crippen LogP contribution < -0.4 is 10.6 Å². The monoisotopic (exact) mass is 288 g/mol. The molecule has 3 nitrogen and oxygen atoms in total. The minimum atomic E-state index is 0.00181. The second-order valence-corrected chi connectivity index (χ2v) is 7.19. The lowest BCUT2D eigenvalue weighted by molar-refractivity contribution is -0.123. The van der Waals surface area contributed by atoms with E-state index in [1.165, 1.54) is 12.0 Å². The van der Waals surface area contributed by atoms with Crippen molar-refractivity contribution in [1.29, 1.82) is 0 Å². The number of nitrogens with one attached hydrogen (secondary N) is 2. The summed E-state index contributed by atoms with van der Waals surface area (Å²) in [4.78, 5) is 12.4. The van der Waals surface area contributed by atoms with Crippen LogP contribution in [0, 0.1) is 11.3 Å². The van der Waals surface area contributed by atoms with Crippen molar-refractivity contribution in [2.45, 2.75) is 46.1 Å². The zero-order chi connectivity index (χ0) is 15.3. The molecule has 2 rings (SSSR count). The van der Waals surface area contributed by atoms with Crippen LogP contribution in [0.2, 0.25) is 0 Å². The van der Waals surface area contributed by atoms with Crippen molar-refractivity contribution in [3.63, 3.8) is 0 Å². The fourth-order valence-electron chi connectivity index (χ4n) is 3.03. The molecule has 1 aliphatic rings. The molecule has 21 heavy (non-hydrogen) atoms. The second kappa shape index (κ2) is 7.08. The average Bonchev–Trinajstić information content (AvgIpc) is 2.45. The zero-order valence-corrected chi connectivity index (χ0v) is 13.5. The van der Waals surface area contributed by atoms with Gasteiger partial charge in [0.2, 0.25) is 5.91 Å². The van der Waals surface area contributed by atoms with Gasteiger partial charge in [0.25, 0.3) is 0 Å². The lowest BCUT2D eigenvalue weighted by Gasteiger charge is -2.33. The van der Waals surface area contributed by atoms with Gasteiger partial charge in [-0.2, -0.15) is 0 Å². The number of amides is 1. The summed E-state index contributed by atoms with van der Waals surface area (Å²) in [6, 6.07) is 10.3. The van der Waals surface area contributed by atoms with Gasteiger partial charge in [-0.3, -0.25) is 4.79 Å². The Hall–Kier alpha value is -1.35. The number of benzene rings is 1. The van der Waals surface area contributed by atoms with E-state index >= 15 is 0 Å². The van der Waals surface area contributed by atoms with Gasteiger partial charge in [0.15, 0.2) is 0 Å². The average molecular weight is 288 g/mol. The SMILES string of the molecule is CC(C)(C)C(NC(=O)CC1CCCNC1)c1ccccc1. The number of hydrogen-bond donors (Lipinski definition) is 2. The Balaban J connectivity index is 2.00. The van der Waals surface area contributed by atoms with Crippen LogP contribution >= 0.6 is 0 Å². The maximum atomic E-state index is 12.4. The highest BCUT2D eigenvalue weighted by Gasteiger charge is 2.28. The van der Waals surface area contributed by atoms with E-state index in [9.17, 15) is 4.79 Å². The molecule has 2 unspecified atom stereocenters. The smallest absolute Gasteiger partial charge is 0.220 e. The molecule has 2 atom stereocenters. The molecule has 1 fully saturated rings. The highest BCUT2D eigenvalue weighted by molar-refractivity contribution is 5.76. The topological polar surface area (TPSA) is 41.1 Å². The third kappa shape index (κ3) is 4.85. The van der Waals surface area contributed by atoms with Gasteiger partial charge in [0.1, 0.15) is 0 Å². The van der Waals surface area contributed by atoms with E-state index in [-0.39, 0.29) is 17.4 Å². The highest BCUT2D eigenvalue weighted by atomic mass is 16.1. The molecule has 0 saturated carbocycles. The van der Waals surface area contributed by atoms with E-state index in [1.54, 1.807) is 0 Å². The number of hydrogen-bond acceptors (Lipinski definition) is 2. The van der Waals surface area contributed by atoms with E-state index in [4.69, 9.17) is 0 Å². The summed E-state index contributed by atoms with van der Waals surface area (Å²) in [5.41, 5.74) is 1.18. The van der Waals surface area contributed by atoms with Crippen molar-refractivity contribution in [3.8, 4) is 0 Å². The van der Waals surface area contributed by atoms with E-state index in [0.29, 0.717) is 12.3 Å². The first kappa shape index (κ1) is 16.0. The Morgan fingerprint density at radius 3 is 2.62 bits per heavy atom. The quantitative estimate of drug-likeness (QED) is 0.892. The van der Waals surface area contributed by atoms with Crippen molar-refractivity contribution in [2.75, 3.05) is 13.1 Å². The number of carbonyl (C=O) groups excluding carboxylic acids is 1. The molecule has 1 amide bonds. The van der Waals surface area contributed by atoms with Gasteiger partial charge in [-0.15, -0.1) is 0 Å². The van der Waals surface area contributed by atoms with Crippen molar-refractivity contribution >= 4 is 5.91 Å². The summed E-state index contributed by atoms with van der Waals surface area (Å²) in [5.74, 6) is 0.655. The Bertz CT molecular complexity index is 444. The first-order valence-electron chi connectivity index (χ1n) is 8.02. The lowest BCUT2D eigenvalue weighted by Crippen LogP contribution is -2.39. The maximum absolute atomic E-state index is 12.4. The number of carbonyl (C=O) groups is 1. The summed E-state index contributed by atoms with van der Waals surface area (Å²) in [5, 5.41) is 6.63. The van der Waals surface area contributed by atoms with Crippen molar-refractivity contribution < 1.29 is 4.79 Å². The predicted molar refractivity (Wildman–Crippen MR) is 87.0 cm³/mol. The van der Waals surface area contributed by atoms with Crippen molar-refractivity contribution in [2.24, 2.45) is 11.3 Å². The van der Waals surface area contributed by atoms with Gasteiger partial charge in [0, 0.05) is 6.42 Å². The summed E-state index contributed by atoms with van der Waals surface area (Å²) in [7, 11) is 0. The van der Waals surface area contributed by atoms with Crippen LogP contribution in [0.25, 0.3) is 0 Å². The minimum Gasteiger partial charge on any atom is -0.349 e. The third-order valence-corrected chi connectivity index (χ3v) is 4.18. The molecule has 0 bridgehead atoms. The predicted octanol–water partition coefficient (Wildman–Crippen LogP) is 3.28. The highest BCUT2D eigenvalue weighted by Crippen LogP contribution is 2.32. The van der Waals surface area contributed by atoms with Gasteiger partial charge in [-0.25, -0.2) is 0 Å². The summed E-state index contributed by atoms with van der Waals surface area (Å²) < 4.78 is 0. The van der Waals surface area contributed by atoms with Gasteiger partial charge in [0.05, 0.1) is 6.04 Å². The fraction of sp³-hybridized carbons (Fsp3) is 0.611. The molecular weight excluding hydrogens is 260 g/mol. The summed E-state index contributed by atoms with van der Waals surface area (Å²) in [6.07, 6.45) is 2.97. The standard InChI is InChI=1S/C18H28N2O/c1-18(2,3)17(15-9-5-4-6-10-15)20-16(21)12-14-8-7-11-19-13-14/h4-6,9-10,14,17,19H,7-8,11-13H2,1-3H3,(H,20,21). The Labute approximate surface area is 128 Å². The molecule has 1 saturated heterocycles. The molecule has 0 spiro atoms. The lowest BCUT2D eigenvalue weighted by atomic mass is 9.82. The first-order chi connectivity index (χ1) is 9.97. The molecule has 1 aromatic carbocycles. The zero-order valence-electron chi connectivity index (χ0n) is 13.5. The molecule has 1 aliphatic heterocycles. The van der Waals surface area contributed by atoms with Crippen molar-refractivity contribution in [1.82, 2.24) is 10.6 Å². The van der Waals surface area contributed by atoms with Crippen LogP contribution in [0.15, 0.2) is 30.3 Å². The molecule has 0 aromatic heterocycles. The summed E-state index contributed by atoms with van der Waals surface area (Å²) in [6.45, 7) is 8.58. The molecular formula is C18H28N2O. The van der Waals surface area contributed by atoms with E-state index < -0.39 is 0 Å². The van der Waals surface area contributed by atoms with Crippen LogP contribution in [0.1, 0.15) is 51.6 Å². The molecule has 0 aliphatic carbocycles. The van der Waals surface area contributed by atoms with Gasteiger partial charge < -0.3 is 10.6 Å². The number of rotatable bonds is 4. The van der Waals surface area contributed by atoms with Gasteiger partial charge >= 0.3 is 0 Å². The fourth-order valence-corrected chi connectivity index (χ4v) is 3.03. The van der Waals surface area contributed by atoms with Gasteiger partial charge in [-0.05, 0) is 42.8 Å². The van der Waals surface area contributed by atoms with E-state index in [1.807, 2.05) is 18.2 Å². The summed E-state index contributed by atoms with van der Waals surface area (Å²) >= 11 is 0. The van der Waals surface area contributed by atoms with Crippen molar-refractivity contribution in [3.05, 3.63) is 35.9 Å². The maximum Gasteiger partial charge on any atom is 0.220 e. The normalized spacial score (nSPS) is 20.8. The number of piperidine rings is 1. The second-order valence-electron chi connectivity index (χ2n) is 7.19. The Kier molecular flexibility index (Phi) is 5.40. The largest absolute Gasteiger partial charge is 0.349 e. The van der Waals surface area contributed by atoms with Crippen LogP contribution in [-0.2, 0) is 4.79 Å². The van der Waals surface area contributed by atoms with Gasteiger partial charge in [-0.1, -0.05) is 51.1 Å². The first-order valence-corrected chi connectivity index (χ1v) is 8.02. The van der Waals surface area contributed by atoms with Crippen LogP contribution in [0.4, 0.5) is 0 Å². The molecule has 1 aromatic rings. The Morgan fingerprint density at radius 2 is 2.05 bits per heavy atom. The molecule has 1 heterocycles. The van der Waals surface area contributed by atoms with E-state index in [2.05, 4.69) is 43.5 Å². The van der Waals surface area contributed by atoms with Crippen LogP contribution in [0.3, 0.4) is 0 Å². The van der Waals surface area contributed by atoms with E-state index in [0.717, 1.165) is 19.5 Å². The molecule has 116 valence electrons. The minimum absolute atomic E-state index is 0.00181. The third-order valence-electron chi connectivity index (χ3n) is 4.18. The molecule has 3 heteroatoms. The van der Waals surface area contributed by atoms with Crippen LogP contribution in [0.5, 0.6) is 0 Å². The molecule has 0 radical (unpaired) electrons. The molecule has 2 N–H and O–H groups in total.